The number of hydrogen-bond acceptors (Lipinski definition) is 5. The van der Waals surface area contributed by atoms with Crippen molar-refractivity contribution < 1.29 is 23.8 Å². The van der Waals surface area contributed by atoms with Crippen molar-refractivity contribution in [3.05, 3.63) is 47.5 Å². The Hall–Kier alpha value is -2.93. The van der Waals surface area contributed by atoms with Crippen molar-refractivity contribution >= 4 is 29.1 Å². The molecular formula is C23H27ClN2O5. The fraction of sp³-hybridized carbons (Fsp3) is 0.391. The number of carbonyl (C=O) groups excluding carboxylic acids is 2. The highest BCUT2D eigenvalue weighted by Crippen LogP contribution is 2.36. The molecule has 2 aromatic carbocycles. The van der Waals surface area contributed by atoms with Gasteiger partial charge in [0.2, 0.25) is 11.8 Å². The Labute approximate surface area is 187 Å². The summed E-state index contributed by atoms with van der Waals surface area (Å²) in [5, 5.41) is 3.29. The van der Waals surface area contributed by atoms with Crippen LogP contribution in [0.5, 0.6) is 17.2 Å². The van der Waals surface area contributed by atoms with Gasteiger partial charge in [-0.15, -0.1) is 0 Å². The third-order valence-electron chi connectivity index (χ3n) is 5.20. The predicted molar refractivity (Wildman–Crippen MR) is 119 cm³/mol. The number of rotatable bonds is 8. The standard InChI is InChI=1S/C23H27ClN2O5/c1-29-20-14-19(21(30-2)13-18(20)24)25-23(28)16-7-6-11-26(15-16)22(27)10-12-31-17-8-4-3-5-9-17/h3-5,8-9,13-14,16H,6-7,10-12,15H2,1-2H3,(H,25,28). The largest absolute Gasteiger partial charge is 0.495 e. The number of benzene rings is 2. The first-order valence-corrected chi connectivity index (χ1v) is 10.6. The number of likely N-dealkylation sites (tertiary alicyclic amines) is 1. The topological polar surface area (TPSA) is 77.1 Å². The summed E-state index contributed by atoms with van der Waals surface area (Å²) in [4.78, 5) is 27.2. The zero-order valence-electron chi connectivity index (χ0n) is 17.7. The average Bonchev–Trinajstić information content (AvgIpc) is 2.80. The number of carbonyl (C=O) groups is 2. The normalized spacial score (nSPS) is 15.8. The number of hydrogen-bond donors (Lipinski definition) is 1. The maximum atomic E-state index is 12.9. The summed E-state index contributed by atoms with van der Waals surface area (Å²) < 4.78 is 16.2. The number of ether oxygens (including phenoxy) is 3. The van der Waals surface area contributed by atoms with E-state index in [1.165, 1.54) is 14.2 Å². The quantitative estimate of drug-likeness (QED) is 0.663. The van der Waals surface area contributed by atoms with Crippen LogP contribution in [0.2, 0.25) is 5.02 Å². The van der Waals surface area contributed by atoms with Gasteiger partial charge in [-0.05, 0) is 25.0 Å². The van der Waals surface area contributed by atoms with Crippen LogP contribution in [0.3, 0.4) is 0 Å². The molecule has 0 aromatic heterocycles. The van der Waals surface area contributed by atoms with Gasteiger partial charge in [0.1, 0.15) is 17.2 Å². The Morgan fingerprint density at radius 1 is 1.13 bits per heavy atom. The van der Waals surface area contributed by atoms with Gasteiger partial charge in [0.15, 0.2) is 0 Å². The molecule has 1 fully saturated rings. The van der Waals surface area contributed by atoms with Crippen molar-refractivity contribution in [1.29, 1.82) is 0 Å². The van der Waals surface area contributed by atoms with Gasteiger partial charge < -0.3 is 24.4 Å². The van der Waals surface area contributed by atoms with E-state index in [1.807, 2.05) is 30.3 Å². The predicted octanol–water partition coefficient (Wildman–Crippen LogP) is 4.00. The van der Waals surface area contributed by atoms with E-state index in [0.29, 0.717) is 48.3 Å². The molecule has 0 aliphatic carbocycles. The molecule has 0 radical (unpaired) electrons. The molecule has 2 aromatic rings. The molecule has 1 aliphatic heterocycles. The van der Waals surface area contributed by atoms with Crippen LogP contribution in [0.15, 0.2) is 42.5 Å². The maximum absolute atomic E-state index is 12.9. The lowest BCUT2D eigenvalue weighted by Crippen LogP contribution is -2.44. The summed E-state index contributed by atoms with van der Waals surface area (Å²) in [6.45, 7) is 1.33. The molecule has 8 heteroatoms. The first-order valence-electron chi connectivity index (χ1n) is 10.2. The van der Waals surface area contributed by atoms with E-state index in [2.05, 4.69) is 5.32 Å². The highest BCUT2D eigenvalue weighted by Gasteiger charge is 2.29. The lowest BCUT2D eigenvalue weighted by Gasteiger charge is -2.32. The number of para-hydroxylation sites is 1. The van der Waals surface area contributed by atoms with Crippen LogP contribution in [0.25, 0.3) is 0 Å². The molecule has 166 valence electrons. The first-order chi connectivity index (χ1) is 15.0. The van der Waals surface area contributed by atoms with E-state index < -0.39 is 0 Å². The van der Waals surface area contributed by atoms with E-state index in [1.54, 1.807) is 17.0 Å². The molecule has 7 nitrogen and oxygen atoms in total. The summed E-state index contributed by atoms with van der Waals surface area (Å²) in [6.07, 6.45) is 1.75. The second-order valence-electron chi connectivity index (χ2n) is 7.27. The molecule has 3 rings (SSSR count). The molecule has 1 N–H and O–H groups in total. The lowest BCUT2D eigenvalue weighted by molar-refractivity contribution is -0.135. The van der Waals surface area contributed by atoms with Crippen molar-refractivity contribution in [1.82, 2.24) is 4.90 Å². The molecule has 1 unspecified atom stereocenters. The molecule has 1 atom stereocenters. The second kappa shape index (κ2) is 10.9. The van der Waals surface area contributed by atoms with Crippen LogP contribution in [-0.2, 0) is 9.59 Å². The Morgan fingerprint density at radius 3 is 2.58 bits per heavy atom. The smallest absolute Gasteiger partial charge is 0.229 e. The maximum Gasteiger partial charge on any atom is 0.229 e. The summed E-state index contributed by atoms with van der Waals surface area (Å²) in [6, 6.07) is 12.6. The van der Waals surface area contributed by atoms with Crippen LogP contribution >= 0.6 is 11.6 Å². The van der Waals surface area contributed by atoms with Crippen molar-refractivity contribution in [3.8, 4) is 17.2 Å². The molecule has 0 bridgehead atoms. The SMILES string of the molecule is COc1cc(NC(=O)C2CCCN(C(=O)CCOc3ccccc3)C2)c(OC)cc1Cl. The van der Waals surface area contributed by atoms with Gasteiger partial charge >= 0.3 is 0 Å². The van der Waals surface area contributed by atoms with Gasteiger partial charge in [0, 0.05) is 25.2 Å². The average molecular weight is 447 g/mol. The van der Waals surface area contributed by atoms with Crippen molar-refractivity contribution in [3.63, 3.8) is 0 Å². The summed E-state index contributed by atoms with van der Waals surface area (Å²) in [5.41, 5.74) is 0.480. The molecule has 0 saturated carbocycles. The summed E-state index contributed by atoms with van der Waals surface area (Å²) in [5.74, 6) is 1.13. The van der Waals surface area contributed by atoms with Crippen molar-refractivity contribution in [2.75, 3.05) is 39.2 Å². The zero-order valence-corrected chi connectivity index (χ0v) is 18.5. The highest BCUT2D eigenvalue weighted by molar-refractivity contribution is 6.32. The molecule has 1 saturated heterocycles. The number of amides is 2. The zero-order chi connectivity index (χ0) is 22.2. The number of nitrogens with zero attached hydrogens (tertiary/aromatic N) is 1. The van der Waals surface area contributed by atoms with Gasteiger partial charge in [-0.25, -0.2) is 0 Å². The number of piperidine rings is 1. The molecule has 1 aliphatic rings. The van der Waals surface area contributed by atoms with Crippen molar-refractivity contribution in [2.24, 2.45) is 5.92 Å². The number of anilines is 1. The minimum atomic E-state index is -0.306. The van der Waals surface area contributed by atoms with E-state index >= 15 is 0 Å². The molecule has 1 heterocycles. The van der Waals surface area contributed by atoms with Gasteiger partial charge in [-0.3, -0.25) is 9.59 Å². The third kappa shape index (κ3) is 6.04. The highest BCUT2D eigenvalue weighted by atomic mass is 35.5. The Morgan fingerprint density at radius 2 is 1.87 bits per heavy atom. The van der Waals surface area contributed by atoms with Gasteiger partial charge in [0.05, 0.1) is 43.9 Å². The van der Waals surface area contributed by atoms with Gasteiger partial charge in [0.25, 0.3) is 0 Å². The first kappa shape index (κ1) is 22.7. The van der Waals surface area contributed by atoms with Crippen LogP contribution in [0.4, 0.5) is 5.69 Å². The fourth-order valence-corrected chi connectivity index (χ4v) is 3.77. The minimum absolute atomic E-state index is 0.0147. The Balaban J connectivity index is 1.56. The Kier molecular flexibility index (Phi) is 8.00. The Bertz CT molecular complexity index is 906. The monoisotopic (exact) mass is 446 g/mol. The van der Waals surface area contributed by atoms with Crippen molar-refractivity contribution in [2.45, 2.75) is 19.3 Å². The summed E-state index contributed by atoms with van der Waals surface area (Å²) in [7, 11) is 3.01. The van der Waals surface area contributed by atoms with E-state index in [-0.39, 0.29) is 24.2 Å². The van der Waals surface area contributed by atoms with Crippen LogP contribution < -0.4 is 19.5 Å². The van der Waals surface area contributed by atoms with Gasteiger partial charge in [-0.1, -0.05) is 29.8 Å². The number of halogens is 1. The molecular weight excluding hydrogens is 420 g/mol. The molecule has 0 spiro atoms. The van der Waals surface area contributed by atoms with Crippen LogP contribution in [0.1, 0.15) is 19.3 Å². The minimum Gasteiger partial charge on any atom is -0.495 e. The number of nitrogens with one attached hydrogen (secondary N) is 1. The van der Waals surface area contributed by atoms with Crippen LogP contribution in [-0.4, -0.2) is 50.6 Å². The van der Waals surface area contributed by atoms with Crippen LogP contribution in [0, 0.1) is 5.92 Å². The third-order valence-corrected chi connectivity index (χ3v) is 5.50. The fourth-order valence-electron chi connectivity index (χ4n) is 3.54. The van der Waals surface area contributed by atoms with Gasteiger partial charge in [-0.2, -0.15) is 0 Å². The number of methoxy groups -OCH3 is 2. The van der Waals surface area contributed by atoms with E-state index in [4.69, 9.17) is 25.8 Å². The van der Waals surface area contributed by atoms with E-state index in [0.717, 1.165) is 12.2 Å². The molecule has 31 heavy (non-hydrogen) atoms. The lowest BCUT2D eigenvalue weighted by atomic mass is 9.96. The molecule has 2 amide bonds. The van der Waals surface area contributed by atoms with E-state index in [9.17, 15) is 9.59 Å². The second-order valence-corrected chi connectivity index (χ2v) is 7.67. The summed E-state index contributed by atoms with van der Waals surface area (Å²) >= 11 is 6.13.